The van der Waals surface area contributed by atoms with Gasteiger partial charge < -0.3 is 9.67 Å². The highest BCUT2D eigenvalue weighted by atomic mass is 32.1. The Bertz CT molecular complexity index is 1020. The lowest BCUT2D eigenvalue weighted by Gasteiger charge is -2.25. The first-order chi connectivity index (χ1) is 15.0. The molecule has 2 N–H and O–H groups in total. The molecule has 1 saturated carbocycles. The number of nitrogens with zero attached hydrogens (tertiary/aromatic N) is 2. The molecule has 0 aliphatic heterocycles. The van der Waals surface area contributed by atoms with Crippen LogP contribution in [0.25, 0.3) is 0 Å². The third kappa shape index (κ3) is 5.23. The highest BCUT2D eigenvalue weighted by molar-refractivity contribution is 7.14. The highest BCUT2D eigenvalue weighted by Crippen LogP contribution is 2.27. The SMILES string of the molecule is O=C(O)Cc1csc(NC(=O)c2cc3c(n(CC4CCCCC4)c2=O)CCCCC3)n1. The number of thiazole rings is 1. The molecule has 2 aliphatic carbocycles. The maximum Gasteiger partial charge on any atom is 0.309 e. The summed E-state index contributed by atoms with van der Waals surface area (Å²) >= 11 is 1.17. The summed E-state index contributed by atoms with van der Waals surface area (Å²) in [5, 5.41) is 13.5. The molecule has 0 spiro atoms. The summed E-state index contributed by atoms with van der Waals surface area (Å²) in [5.41, 5.74) is 2.56. The molecule has 0 radical (unpaired) electrons. The van der Waals surface area contributed by atoms with E-state index < -0.39 is 11.9 Å². The lowest BCUT2D eigenvalue weighted by Crippen LogP contribution is -2.34. The predicted octanol–water partition coefficient (Wildman–Crippen LogP) is 4.03. The van der Waals surface area contributed by atoms with Gasteiger partial charge in [-0.3, -0.25) is 19.7 Å². The fourth-order valence-corrected chi connectivity index (χ4v) is 5.51. The van der Waals surface area contributed by atoms with Crippen LogP contribution in [0, 0.1) is 5.92 Å². The number of aliphatic carboxylic acids is 1. The van der Waals surface area contributed by atoms with Crippen molar-refractivity contribution < 1.29 is 14.7 Å². The predicted molar refractivity (Wildman–Crippen MR) is 120 cm³/mol. The number of carboxylic acids is 1. The summed E-state index contributed by atoms with van der Waals surface area (Å²) in [6.45, 7) is 0.697. The molecular weight excluding hydrogens is 414 g/mol. The van der Waals surface area contributed by atoms with Crippen LogP contribution in [-0.4, -0.2) is 26.5 Å². The molecule has 2 aliphatic rings. The Morgan fingerprint density at radius 3 is 2.65 bits per heavy atom. The van der Waals surface area contributed by atoms with Gasteiger partial charge in [0.2, 0.25) is 0 Å². The molecule has 0 unspecified atom stereocenters. The van der Waals surface area contributed by atoms with E-state index in [1.807, 2.05) is 4.57 Å². The number of amides is 1. The number of carboxylic acid groups (broad SMARTS) is 1. The Balaban J connectivity index is 1.63. The fraction of sp³-hybridized carbons (Fsp3) is 0.565. The van der Waals surface area contributed by atoms with E-state index in [4.69, 9.17) is 5.11 Å². The van der Waals surface area contributed by atoms with E-state index in [-0.39, 0.29) is 17.5 Å². The van der Waals surface area contributed by atoms with Gasteiger partial charge in [0.15, 0.2) is 5.13 Å². The molecule has 166 valence electrons. The highest BCUT2D eigenvalue weighted by Gasteiger charge is 2.24. The number of hydrogen-bond donors (Lipinski definition) is 2. The van der Waals surface area contributed by atoms with E-state index in [1.165, 1.54) is 30.6 Å². The number of hydrogen-bond acceptors (Lipinski definition) is 5. The molecule has 7 nitrogen and oxygen atoms in total. The van der Waals surface area contributed by atoms with E-state index in [9.17, 15) is 14.4 Å². The first kappa shape index (κ1) is 21.7. The molecule has 0 bridgehead atoms. The van der Waals surface area contributed by atoms with Crippen molar-refractivity contribution in [2.24, 2.45) is 5.92 Å². The van der Waals surface area contributed by atoms with Crippen molar-refractivity contribution in [3.05, 3.63) is 44.3 Å². The first-order valence-corrected chi connectivity index (χ1v) is 12.1. The zero-order chi connectivity index (χ0) is 21.8. The molecule has 0 saturated heterocycles. The molecule has 8 heteroatoms. The minimum absolute atomic E-state index is 0.159. The van der Waals surface area contributed by atoms with Gasteiger partial charge in [-0.2, -0.15) is 0 Å². The molecule has 2 aromatic heterocycles. The van der Waals surface area contributed by atoms with Crippen molar-refractivity contribution in [2.45, 2.75) is 77.2 Å². The van der Waals surface area contributed by atoms with Crippen molar-refractivity contribution >= 4 is 28.3 Å². The topological polar surface area (TPSA) is 101 Å². The molecule has 0 aromatic carbocycles. The lowest BCUT2D eigenvalue weighted by molar-refractivity contribution is -0.136. The molecule has 1 fully saturated rings. The number of aromatic nitrogens is 2. The quantitative estimate of drug-likeness (QED) is 0.657. The smallest absolute Gasteiger partial charge is 0.309 e. The molecule has 1 amide bonds. The fourth-order valence-electron chi connectivity index (χ4n) is 4.81. The minimum Gasteiger partial charge on any atom is -0.481 e. The monoisotopic (exact) mass is 443 g/mol. The van der Waals surface area contributed by atoms with E-state index in [1.54, 1.807) is 11.4 Å². The summed E-state index contributed by atoms with van der Waals surface area (Å²) in [6.07, 6.45) is 10.9. The van der Waals surface area contributed by atoms with Crippen LogP contribution >= 0.6 is 11.3 Å². The lowest BCUT2D eigenvalue weighted by atomic mass is 9.89. The van der Waals surface area contributed by atoms with Gasteiger partial charge in [-0.15, -0.1) is 11.3 Å². The molecule has 31 heavy (non-hydrogen) atoms. The Hall–Kier alpha value is -2.48. The second-order valence-electron chi connectivity index (χ2n) is 8.68. The van der Waals surface area contributed by atoms with E-state index in [0.29, 0.717) is 23.3 Å². The minimum atomic E-state index is -0.973. The molecule has 2 heterocycles. The molecule has 0 atom stereocenters. The van der Waals surface area contributed by atoms with Crippen LogP contribution in [0.1, 0.15) is 78.7 Å². The number of aryl methyl sites for hydroxylation is 1. The van der Waals surface area contributed by atoms with Crippen molar-refractivity contribution in [3.8, 4) is 0 Å². The van der Waals surface area contributed by atoms with Gasteiger partial charge in [0.1, 0.15) is 5.56 Å². The van der Waals surface area contributed by atoms with Crippen molar-refractivity contribution in [1.82, 2.24) is 9.55 Å². The Morgan fingerprint density at radius 1 is 1.13 bits per heavy atom. The van der Waals surface area contributed by atoms with Crippen LogP contribution in [0.15, 0.2) is 16.2 Å². The van der Waals surface area contributed by atoms with Gasteiger partial charge in [0.05, 0.1) is 12.1 Å². The second kappa shape index (κ2) is 9.77. The zero-order valence-corrected chi connectivity index (χ0v) is 18.5. The van der Waals surface area contributed by atoms with Gasteiger partial charge in [-0.05, 0) is 56.1 Å². The van der Waals surface area contributed by atoms with Crippen LogP contribution in [0.3, 0.4) is 0 Å². The van der Waals surface area contributed by atoms with Crippen LogP contribution in [0.2, 0.25) is 0 Å². The van der Waals surface area contributed by atoms with Gasteiger partial charge >= 0.3 is 5.97 Å². The van der Waals surface area contributed by atoms with E-state index >= 15 is 0 Å². The Kier molecular flexibility index (Phi) is 6.85. The summed E-state index contributed by atoms with van der Waals surface area (Å²) in [4.78, 5) is 41.5. The number of rotatable bonds is 6. The Morgan fingerprint density at radius 2 is 1.87 bits per heavy atom. The van der Waals surface area contributed by atoms with Crippen LogP contribution in [0.5, 0.6) is 0 Å². The summed E-state index contributed by atoms with van der Waals surface area (Å²) < 4.78 is 1.89. The van der Waals surface area contributed by atoms with Crippen LogP contribution in [-0.2, 0) is 30.6 Å². The average molecular weight is 444 g/mol. The average Bonchev–Trinajstić information content (AvgIpc) is 3.03. The standard InChI is InChI=1S/C23H29N3O4S/c27-20(28)12-17-14-31-23(24-17)25-21(29)18-11-16-9-5-2-6-10-19(16)26(22(18)30)13-15-7-3-1-4-8-15/h11,14-15H,1-10,12-13H2,(H,27,28)(H,24,25,29). The number of anilines is 1. The zero-order valence-electron chi connectivity index (χ0n) is 17.7. The summed E-state index contributed by atoms with van der Waals surface area (Å²) in [5.74, 6) is -0.945. The first-order valence-electron chi connectivity index (χ1n) is 11.2. The number of carbonyl (C=O) groups excluding carboxylic acids is 1. The Labute approximate surface area is 185 Å². The second-order valence-corrected chi connectivity index (χ2v) is 9.54. The normalized spacial score (nSPS) is 17.0. The number of nitrogens with one attached hydrogen (secondary N) is 1. The van der Waals surface area contributed by atoms with Gasteiger partial charge in [0, 0.05) is 17.6 Å². The van der Waals surface area contributed by atoms with Gasteiger partial charge in [0.25, 0.3) is 11.5 Å². The number of fused-ring (bicyclic) bond motifs is 1. The molecule has 2 aromatic rings. The summed E-state index contributed by atoms with van der Waals surface area (Å²) in [6, 6.07) is 1.78. The largest absolute Gasteiger partial charge is 0.481 e. The van der Waals surface area contributed by atoms with Gasteiger partial charge in [-0.1, -0.05) is 25.7 Å². The maximum atomic E-state index is 13.4. The van der Waals surface area contributed by atoms with Crippen molar-refractivity contribution in [3.63, 3.8) is 0 Å². The molecule has 4 rings (SSSR count). The maximum absolute atomic E-state index is 13.4. The van der Waals surface area contributed by atoms with E-state index in [0.717, 1.165) is 56.2 Å². The third-order valence-electron chi connectivity index (χ3n) is 6.37. The van der Waals surface area contributed by atoms with Crippen LogP contribution < -0.4 is 10.9 Å². The number of pyridine rings is 1. The third-order valence-corrected chi connectivity index (χ3v) is 7.17. The molecular formula is C23H29N3O4S. The van der Waals surface area contributed by atoms with Gasteiger partial charge in [-0.25, -0.2) is 4.98 Å². The van der Waals surface area contributed by atoms with Crippen LogP contribution in [0.4, 0.5) is 5.13 Å². The number of carbonyl (C=O) groups is 2. The summed E-state index contributed by atoms with van der Waals surface area (Å²) in [7, 11) is 0. The van der Waals surface area contributed by atoms with E-state index in [2.05, 4.69) is 10.3 Å². The van der Waals surface area contributed by atoms with Crippen molar-refractivity contribution in [2.75, 3.05) is 5.32 Å². The van der Waals surface area contributed by atoms with Crippen molar-refractivity contribution in [1.29, 1.82) is 0 Å².